The fourth-order valence-corrected chi connectivity index (χ4v) is 5.34. The van der Waals surface area contributed by atoms with Crippen LogP contribution in [0.25, 0.3) is 10.9 Å². The van der Waals surface area contributed by atoms with Gasteiger partial charge in [-0.3, -0.25) is 0 Å². The van der Waals surface area contributed by atoms with Gasteiger partial charge < -0.3 is 5.11 Å². The van der Waals surface area contributed by atoms with Gasteiger partial charge in [-0.1, -0.05) is 35.3 Å². The van der Waals surface area contributed by atoms with E-state index in [0.29, 0.717) is 27.2 Å². The molecule has 9 heteroatoms. The highest BCUT2D eigenvalue weighted by Gasteiger charge is 2.24. The van der Waals surface area contributed by atoms with E-state index in [1.165, 1.54) is 16.1 Å². The van der Waals surface area contributed by atoms with Gasteiger partial charge in [0, 0.05) is 22.5 Å². The van der Waals surface area contributed by atoms with Gasteiger partial charge in [-0.25, -0.2) is 21.6 Å². The predicted octanol–water partition coefficient (Wildman–Crippen LogP) is 5.61. The second-order valence-corrected chi connectivity index (χ2v) is 9.49. The molecule has 1 aromatic heterocycles. The lowest BCUT2D eigenvalue weighted by atomic mass is 10.1. The molecule has 0 unspecified atom stereocenters. The van der Waals surface area contributed by atoms with Crippen molar-refractivity contribution in [1.29, 1.82) is 0 Å². The van der Waals surface area contributed by atoms with E-state index in [1.807, 2.05) is 0 Å². The summed E-state index contributed by atoms with van der Waals surface area (Å²) in [4.78, 5) is 10.9. The molecule has 1 heterocycles. The zero-order valence-corrected chi connectivity index (χ0v) is 18.0. The number of carboxylic acid groups (broad SMARTS) is 1. The molecule has 0 spiro atoms. The third-order valence-corrected chi connectivity index (χ3v) is 7.09. The standard InChI is InChI=1S/C22H14Cl2FNO4S/c23-16-5-8-21-15(10-16)11-17(9-13-1-3-14(4-2-13)22(27)28)26(21)31(29,30)18-6-7-20(25)19(24)12-18/h1-8,10-12H,9H2,(H,27,28). The van der Waals surface area contributed by atoms with Gasteiger partial charge in [0.1, 0.15) is 5.82 Å². The number of carbonyl (C=O) groups is 1. The molecule has 3 aromatic carbocycles. The molecule has 0 radical (unpaired) electrons. The highest BCUT2D eigenvalue weighted by Crippen LogP contribution is 2.30. The van der Waals surface area contributed by atoms with Gasteiger partial charge in [-0.05, 0) is 60.2 Å². The molecule has 158 valence electrons. The third kappa shape index (κ3) is 4.04. The quantitative estimate of drug-likeness (QED) is 0.405. The Hall–Kier alpha value is -2.87. The summed E-state index contributed by atoms with van der Waals surface area (Å²) in [5, 5.41) is 9.83. The van der Waals surface area contributed by atoms with Crippen molar-refractivity contribution in [3.63, 3.8) is 0 Å². The van der Waals surface area contributed by atoms with Crippen molar-refractivity contribution in [2.45, 2.75) is 11.3 Å². The molecule has 0 bridgehead atoms. The first kappa shape index (κ1) is 21.4. The van der Waals surface area contributed by atoms with Crippen LogP contribution in [0.5, 0.6) is 0 Å². The van der Waals surface area contributed by atoms with Crippen molar-refractivity contribution in [3.05, 3.63) is 99.4 Å². The Labute approximate surface area is 187 Å². The Bertz CT molecular complexity index is 1430. The summed E-state index contributed by atoms with van der Waals surface area (Å²) in [6.45, 7) is 0. The molecule has 0 fully saturated rings. The molecule has 5 nitrogen and oxygen atoms in total. The number of hydrogen-bond acceptors (Lipinski definition) is 3. The molecule has 0 amide bonds. The van der Waals surface area contributed by atoms with Gasteiger partial charge >= 0.3 is 5.97 Å². The fraction of sp³-hybridized carbons (Fsp3) is 0.0455. The van der Waals surface area contributed by atoms with E-state index in [-0.39, 0.29) is 21.9 Å². The second-order valence-electron chi connectivity index (χ2n) is 6.86. The summed E-state index contributed by atoms with van der Waals surface area (Å²) in [5.41, 5.74) is 1.68. The van der Waals surface area contributed by atoms with Gasteiger partial charge in [-0.2, -0.15) is 0 Å². The molecule has 1 N–H and O–H groups in total. The van der Waals surface area contributed by atoms with Gasteiger partial charge in [0.15, 0.2) is 0 Å². The molecule has 0 saturated heterocycles. The number of nitrogens with zero attached hydrogens (tertiary/aromatic N) is 1. The van der Waals surface area contributed by atoms with Gasteiger partial charge in [0.2, 0.25) is 0 Å². The first-order chi connectivity index (χ1) is 14.7. The van der Waals surface area contributed by atoms with Crippen molar-refractivity contribution in [2.24, 2.45) is 0 Å². The molecular formula is C22H14Cl2FNO4S. The molecule has 0 saturated carbocycles. The van der Waals surface area contributed by atoms with Crippen LogP contribution >= 0.6 is 23.2 Å². The first-order valence-corrected chi connectivity index (χ1v) is 11.2. The van der Waals surface area contributed by atoms with Crippen molar-refractivity contribution < 1.29 is 22.7 Å². The van der Waals surface area contributed by atoms with E-state index in [0.717, 1.165) is 18.2 Å². The van der Waals surface area contributed by atoms with Crippen LogP contribution in [0.1, 0.15) is 21.6 Å². The Morgan fingerprint density at radius 1 is 0.968 bits per heavy atom. The van der Waals surface area contributed by atoms with E-state index >= 15 is 0 Å². The summed E-state index contributed by atoms with van der Waals surface area (Å²) in [5.74, 6) is -1.77. The highest BCUT2D eigenvalue weighted by atomic mass is 35.5. The van der Waals surface area contributed by atoms with Crippen LogP contribution in [0, 0.1) is 5.82 Å². The van der Waals surface area contributed by atoms with E-state index in [4.69, 9.17) is 28.3 Å². The van der Waals surface area contributed by atoms with Crippen LogP contribution in [0.4, 0.5) is 4.39 Å². The zero-order chi connectivity index (χ0) is 22.3. The maximum Gasteiger partial charge on any atom is 0.335 e. The SMILES string of the molecule is O=C(O)c1ccc(Cc2cc3cc(Cl)ccc3n2S(=O)(=O)c2ccc(F)c(Cl)c2)cc1. The molecule has 0 aliphatic carbocycles. The molecule has 4 rings (SSSR count). The lowest BCUT2D eigenvalue weighted by Gasteiger charge is -2.13. The number of halogens is 3. The number of aromatic carboxylic acids is 1. The molecular weight excluding hydrogens is 464 g/mol. The summed E-state index contributed by atoms with van der Waals surface area (Å²) in [6, 6.07) is 15.9. The average molecular weight is 478 g/mol. The Morgan fingerprint density at radius 2 is 1.68 bits per heavy atom. The summed E-state index contributed by atoms with van der Waals surface area (Å²) >= 11 is 11.9. The summed E-state index contributed by atoms with van der Waals surface area (Å²) < 4.78 is 41.7. The normalized spacial score (nSPS) is 11.7. The number of aromatic nitrogens is 1. The van der Waals surface area contributed by atoms with Crippen LogP contribution in [0.2, 0.25) is 10.0 Å². The lowest BCUT2D eigenvalue weighted by molar-refractivity contribution is 0.0697. The van der Waals surface area contributed by atoms with Crippen LogP contribution in [-0.4, -0.2) is 23.5 Å². The van der Waals surface area contributed by atoms with Crippen molar-refractivity contribution >= 4 is 50.1 Å². The number of fused-ring (bicyclic) bond motifs is 1. The van der Waals surface area contributed by atoms with Crippen molar-refractivity contribution in [2.75, 3.05) is 0 Å². The monoisotopic (exact) mass is 477 g/mol. The number of carboxylic acids is 1. The average Bonchev–Trinajstić information content (AvgIpc) is 3.07. The van der Waals surface area contributed by atoms with Crippen LogP contribution in [-0.2, 0) is 16.4 Å². The Morgan fingerprint density at radius 3 is 2.32 bits per heavy atom. The van der Waals surface area contributed by atoms with Gasteiger partial charge in [-0.15, -0.1) is 0 Å². The van der Waals surface area contributed by atoms with Gasteiger partial charge in [0.25, 0.3) is 10.0 Å². The second kappa shape index (κ2) is 8.00. The number of benzene rings is 3. The number of hydrogen-bond donors (Lipinski definition) is 1. The minimum absolute atomic E-state index is 0.129. The first-order valence-electron chi connectivity index (χ1n) is 8.99. The Balaban J connectivity index is 1.88. The van der Waals surface area contributed by atoms with E-state index < -0.39 is 21.8 Å². The maximum atomic E-state index is 13.6. The van der Waals surface area contributed by atoms with Crippen molar-refractivity contribution in [3.8, 4) is 0 Å². The van der Waals surface area contributed by atoms with Crippen LogP contribution in [0.3, 0.4) is 0 Å². The fourth-order valence-electron chi connectivity index (χ4n) is 3.34. The molecule has 4 aromatic rings. The molecule has 0 atom stereocenters. The van der Waals surface area contributed by atoms with Crippen LogP contribution < -0.4 is 0 Å². The van der Waals surface area contributed by atoms with Crippen molar-refractivity contribution in [1.82, 2.24) is 3.97 Å². The summed E-state index contributed by atoms with van der Waals surface area (Å²) in [6.07, 6.45) is 0.209. The predicted molar refractivity (Wildman–Crippen MR) is 117 cm³/mol. The minimum atomic E-state index is -4.12. The molecule has 0 aliphatic rings. The largest absolute Gasteiger partial charge is 0.478 e. The number of rotatable bonds is 5. The Kier molecular flexibility index (Phi) is 5.51. The molecule has 31 heavy (non-hydrogen) atoms. The highest BCUT2D eigenvalue weighted by molar-refractivity contribution is 7.90. The smallest absolute Gasteiger partial charge is 0.335 e. The zero-order valence-electron chi connectivity index (χ0n) is 15.7. The topological polar surface area (TPSA) is 76.4 Å². The van der Waals surface area contributed by atoms with E-state index in [2.05, 4.69) is 0 Å². The van der Waals surface area contributed by atoms with E-state index in [9.17, 15) is 17.6 Å². The molecule has 0 aliphatic heterocycles. The summed E-state index contributed by atoms with van der Waals surface area (Å²) in [7, 11) is -4.12. The minimum Gasteiger partial charge on any atom is -0.478 e. The lowest BCUT2D eigenvalue weighted by Crippen LogP contribution is -2.16. The van der Waals surface area contributed by atoms with Gasteiger partial charge in [0.05, 0.1) is 21.0 Å². The third-order valence-electron chi connectivity index (χ3n) is 4.81. The maximum absolute atomic E-state index is 13.6. The van der Waals surface area contributed by atoms with E-state index in [1.54, 1.807) is 36.4 Å². The van der Waals surface area contributed by atoms with Crippen LogP contribution in [0.15, 0.2) is 71.6 Å².